The van der Waals surface area contributed by atoms with Crippen LogP contribution in [0, 0.1) is 5.92 Å². The molecule has 18 heavy (non-hydrogen) atoms. The highest BCUT2D eigenvalue weighted by Crippen LogP contribution is 2.34. The quantitative estimate of drug-likeness (QED) is 0.813. The summed E-state index contributed by atoms with van der Waals surface area (Å²) in [5.41, 5.74) is -0.0461. The fourth-order valence-electron chi connectivity index (χ4n) is 3.22. The van der Waals surface area contributed by atoms with Gasteiger partial charge >= 0.3 is 0 Å². The molecular weight excluding hydrogens is 294 g/mol. The van der Waals surface area contributed by atoms with Crippen molar-refractivity contribution < 1.29 is 9.53 Å². The second kappa shape index (κ2) is 6.38. The van der Waals surface area contributed by atoms with Gasteiger partial charge in [-0.15, -0.1) is 0 Å². The highest BCUT2D eigenvalue weighted by Gasteiger charge is 2.37. The van der Waals surface area contributed by atoms with Gasteiger partial charge in [0.15, 0.2) is 0 Å². The molecule has 1 N–H and O–H groups in total. The standard InChI is InChI=1S/C14H24BrNO2/c1-11-5-4-7-14(9-11,10-15)16-13(17)12-6-2-3-8-18-12/h11-12H,2-10H2,1H3,(H,16,17). The van der Waals surface area contributed by atoms with Crippen LogP contribution in [0.2, 0.25) is 0 Å². The summed E-state index contributed by atoms with van der Waals surface area (Å²) < 4.78 is 5.57. The summed E-state index contributed by atoms with van der Waals surface area (Å²) in [6.45, 7) is 3.01. The van der Waals surface area contributed by atoms with E-state index in [1.165, 1.54) is 12.8 Å². The van der Waals surface area contributed by atoms with E-state index in [2.05, 4.69) is 28.2 Å². The van der Waals surface area contributed by atoms with Crippen molar-refractivity contribution in [2.75, 3.05) is 11.9 Å². The van der Waals surface area contributed by atoms with E-state index in [1.54, 1.807) is 0 Å². The predicted molar refractivity (Wildman–Crippen MR) is 75.9 cm³/mol. The Hall–Kier alpha value is -0.0900. The van der Waals surface area contributed by atoms with E-state index in [4.69, 9.17) is 4.74 Å². The number of halogens is 1. The van der Waals surface area contributed by atoms with Gasteiger partial charge in [-0.3, -0.25) is 4.79 Å². The van der Waals surface area contributed by atoms with Crippen molar-refractivity contribution in [3.8, 4) is 0 Å². The normalized spacial score (nSPS) is 37.2. The topological polar surface area (TPSA) is 38.3 Å². The molecule has 1 saturated heterocycles. The molecule has 1 heterocycles. The summed E-state index contributed by atoms with van der Waals surface area (Å²) in [4.78, 5) is 12.3. The number of rotatable bonds is 3. The lowest BCUT2D eigenvalue weighted by atomic mass is 9.77. The van der Waals surface area contributed by atoms with Crippen molar-refractivity contribution >= 4 is 21.8 Å². The van der Waals surface area contributed by atoms with E-state index in [0.717, 1.165) is 44.0 Å². The summed E-state index contributed by atoms with van der Waals surface area (Å²) in [5.74, 6) is 0.798. The maximum absolute atomic E-state index is 12.3. The minimum atomic E-state index is -0.216. The maximum atomic E-state index is 12.3. The van der Waals surface area contributed by atoms with Gasteiger partial charge in [-0.25, -0.2) is 0 Å². The Kier molecular flexibility index (Phi) is 5.07. The number of hydrogen-bond acceptors (Lipinski definition) is 2. The Morgan fingerprint density at radius 1 is 1.39 bits per heavy atom. The monoisotopic (exact) mass is 317 g/mol. The summed E-state index contributed by atoms with van der Waals surface area (Å²) in [5, 5.41) is 4.12. The molecule has 3 unspecified atom stereocenters. The van der Waals surface area contributed by atoms with Gasteiger partial charge in [-0.2, -0.15) is 0 Å². The van der Waals surface area contributed by atoms with Crippen LogP contribution in [0.4, 0.5) is 0 Å². The van der Waals surface area contributed by atoms with Crippen molar-refractivity contribution in [1.82, 2.24) is 5.32 Å². The summed E-state index contributed by atoms with van der Waals surface area (Å²) in [7, 11) is 0. The Bertz CT molecular complexity index is 292. The molecule has 0 aromatic carbocycles. The van der Waals surface area contributed by atoms with E-state index >= 15 is 0 Å². The SMILES string of the molecule is CC1CCCC(CBr)(NC(=O)C2CCCCO2)C1. The Labute approximate surface area is 118 Å². The number of hydrogen-bond donors (Lipinski definition) is 1. The van der Waals surface area contributed by atoms with Crippen LogP contribution in [0.25, 0.3) is 0 Å². The molecule has 3 nitrogen and oxygen atoms in total. The van der Waals surface area contributed by atoms with Crippen LogP contribution in [0.5, 0.6) is 0 Å². The third-order valence-corrected chi connectivity index (χ3v) is 5.28. The molecule has 2 fully saturated rings. The lowest BCUT2D eigenvalue weighted by molar-refractivity contribution is -0.137. The highest BCUT2D eigenvalue weighted by atomic mass is 79.9. The molecule has 0 aromatic heterocycles. The van der Waals surface area contributed by atoms with E-state index in [-0.39, 0.29) is 17.6 Å². The molecule has 4 heteroatoms. The molecule has 2 aliphatic rings. The molecule has 104 valence electrons. The van der Waals surface area contributed by atoms with Crippen LogP contribution in [0.15, 0.2) is 0 Å². The molecule has 2 rings (SSSR count). The summed E-state index contributed by atoms with van der Waals surface area (Å²) >= 11 is 3.59. The molecule has 3 atom stereocenters. The first-order valence-electron chi connectivity index (χ1n) is 7.15. The zero-order valence-corrected chi connectivity index (χ0v) is 12.8. The lowest BCUT2D eigenvalue weighted by Gasteiger charge is -2.40. The predicted octanol–water partition coefficient (Wildman–Crippen LogP) is 3.02. The highest BCUT2D eigenvalue weighted by molar-refractivity contribution is 9.09. The van der Waals surface area contributed by atoms with Crippen molar-refractivity contribution in [1.29, 1.82) is 0 Å². The second-order valence-electron chi connectivity index (χ2n) is 5.96. The van der Waals surface area contributed by atoms with Gasteiger partial charge in [0.1, 0.15) is 6.10 Å². The van der Waals surface area contributed by atoms with Crippen molar-refractivity contribution in [2.24, 2.45) is 5.92 Å². The van der Waals surface area contributed by atoms with E-state index in [0.29, 0.717) is 5.92 Å². The van der Waals surface area contributed by atoms with Gasteiger partial charge in [0.05, 0.1) is 5.54 Å². The minimum absolute atomic E-state index is 0.0461. The van der Waals surface area contributed by atoms with E-state index in [1.807, 2.05) is 0 Å². The van der Waals surface area contributed by atoms with Gasteiger partial charge in [-0.05, 0) is 38.0 Å². The van der Waals surface area contributed by atoms with Gasteiger partial charge < -0.3 is 10.1 Å². The Balaban J connectivity index is 1.94. The Morgan fingerprint density at radius 2 is 2.22 bits per heavy atom. The molecule has 0 radical (unpaired) electrons. The summed E-state index contributed by atoms with van der Waals surface area (Å²) in [6, 6.07) is 0. The molecule has 1 amide bonds. The number of ether oxygens (including phenoxy) is 1. The molecule has 0 aromatic rings. The lowest BCUT2D eigenvalue weighted by Crippen LogP contribution is -2.55. The van der Waals surface area contributed by atoms with Gasteiger partial charge in [0.2, 0.25) is 5.91 Å². The zero-order chi connectivity index (χ0) is 13.0. The van der Waals surface area contributed by atoms with Gasteiger partial charge in [-0.1, -0.05) is 35.7 Å². The van der Waals surface area contributed by atoms with Crippen molar-refractivity contribution in [3.63, 3.8) is 0 Å². The van der Waals surface area contributed by atoms with Crippen molar-refractivity contribution in [3.05, 3.63) is 0 Å². The number of nitrogens with one attached hydrogen (secondary N) is 1. The average Bonchev–Trinajstić information content (AvgIpc) is 2.39. The molecular formula is C14H24BrNO2. The second-order valence-corrected chi connectivity index (χ2v) is 6.52. The molecule has 1 aliphatic carbocycles. The number of alkyl halides is 1. The first-order valence-corrected chi connectivity index (χ1v) is 8.27. The fourth-order valence-corrected chi connectivity index (χ4v) is 3.87. The number of carbonyl (C=O) groups excluding carboxylic acids is 1. The van der Waals surface area contributed by atoms with Crippen LogP contribution in [0.1, 0.15) is 51.9 Å². The smallest absolute Gasteiger partial charge is 0.249 e. The van der Waals surface area contributed by atoms with Crippen molar-refractivity contribution in [2.45, 2.75) is 63.5 Å². The van der Waals surface area contributed by atoms with Crippen LogP contribution in [0.3, 0.4) is 0 Å². The van der Waals surface area contributed by atoms with E-state index < -0.39 is 0 Å². The van der Waals surface area contributed by atoms with E-state index in [9.17, 15) is 4.79 Å². The van der Waals surface area contributed by atoms with Crippen LogP contribution >= 0.6 is 15.9 Å². The summed E-state index contributed by atoms with van der Waals surface area (Å²) in [6.07, 6.45) is 7.51. The third kappa shape index (κ3) is 3.47. The van der Waals surface area contributed by atoms with Crippen LogP contribution < -0.4 is 5.32 Å². The molecule has 0 spiro atoms. The number of carbonyl (C=O) groups is 1. The minimum Gasteiger partial charge on any atom is -0.368 e. The van der Waals surface area contributed by atoms with Gasteiger partial charge in [0.25, 0.3) is 0 Å². The number of amides is 1. The largest absolute Gasteiger partial charge is 0.368 e. The average molecular weight is 318 g/mol. The Morgan fingerprint density at radius 3 is 2.83 bits per heavy atom. The maximum Gasteiger partial charge on any atom is 0.249 e. The first-order chi connectivity index (χ1) is 8.65. The van der Waals surface area contributed by atoms with Gasteiger partial charge in [0, 0.05) is 11.9 Å². The molecule has 0 bridgehead atoms. The fraction of sp³-hybridized carbons (Fsp3) is 0.929. The molecule has 1 aliphatic heterocycles. The zero-order valence-electron chi connectivity index (χ0n) is 11.2. The first kappa shape index (κ1) is 14.3. The van der Waals surface area contributed by atoms with Crippen LogP contribution in [-0.2, 0) is 9.53 Å². The third-order valence-electron chi connectivity index (χ3n) is 4.21. The van der Waals surface area contributed by atoms with Crippen LogP contribution in [-0.4, -0.2) is 29.5 Å². The molecule has 1 saturated carbocycles.